The van der Waals surface area contributed by atoms with E-state index in [4.69, 9.17) is 23.2 Å². The molecule has 0 unspecified atom stereocenters. The molecule has 2 N–H and O–H groups in total. The Morgan fingerprint density at radius 1 is 1.36 bits per heavy atom. The zero-order valence-corrected chi connectivity index (χ0v) is 14.0. The molecule has 3 rings (SSSR count). The minimum Gasteiger partial charge on any atom is -0.358 e. The van der Waals surface area contributed by atoms with Gasteiger partial charge in [-0.2, -0.15) is 5.10 Å². The first kappa shape index (κ1) is 16.9. The van der Waals surface area contributed by atoms with Crippen LogP contribution in [-0.2, 0) is 6.54 Å². The highest BCUT2D eigenvalue weighted by Crippen LogP contribution is 2.25. The van der Waals surface area contributed by atoms with Gasteiger partial charge in [0.05, 0.1) is 18.4 Å². The van der Waals surface area contributed by atoms with Gasteiger partial charge < -0.3 is 15.4 Å². The molecule has 0 aliphatic heterocycles. The summed E-state index contributed by atoms with van der Waals surface area (Å²) in [6.45, 7) is 0.421. The Morgan fingerprint density at radius 3 is 2.80 bits per heavy atom. The van der Waals surface area contributed by atoms with Gasteiger partial charge in [0, 0.05) is 11.2 Å². The lowest BCUT2D eigenvalue weighted by Gasteiger charge is -2.03. The molecule has 0 aliphatic rings. The van der Waals surface area contributed by atoms with Gasteiger partial charge >= 0.3 is 5.82 Å². The Balaban J connectivity index is 1.72. The third-order valence-corrected chi connectivity index (χ3v) is 4.00. The Bertz CT molecular complexity index is 952. The lowest BCUT2D eigenvalue weighted by atomic mass is 10.2. The molecule has 3 aromatic rings. The van der Waals surface area contributed by atoms with Crippen molar-refractivity contribution in [2.75, 3.05) is 5.32 Å². The fourth-order valence-electron chi connectivity index (χ4n) is 2.10. The van der Waals surface area contributed by atoms with Crippen LogP contribution in [0.15, 0.2) is 36.7 Å². The van der Waals surface area contributed by atoms with E-state index in [0.717, 1.165) is 5.56 Å². The maximum absolute atomic E-state index is 12.1. The molecule has 2 aromatic heterocycles. The fraction of sp³-hybridized carbons (Fsp3) is 0.0714. The van der Waals surface area contributed by atoms with E-state index in [1.807, 2.05) is 18.2 Å². The van der Waals surface area contributed by atoms with Gasteiger partial charge in [-0.15, -0.1) is 5.10 Å². The maximum Gasteiger partial charge on any atom is 0.362 e. The SMILES string of the molecule is O=C(Nc1cnn(Cc2ccccc2Cl)c1)c1n[nH]c([N+](=O)[O-])c1Cl. The van der Waals surface area contributed by atoms with Crippen LogP contribution in [0.5, 0.6) is 0 Å². The highest BCUT2D eigenvalue weighted by Gasteiger charge is 2.25. The Kier molecular flexibility index (Phi) is 4.68. The Morgan fingerprint density at radius 2 is 2.12 bits per heavy atom. The number of carbonyl (C=O) groups is 1. The second kappa shape index (κ2) is 6.91. The smallest absolute Gasteiger partial charge is 0.358 e. The van der Waals surface area contributed by atoms with Gasteiger partial charge in [-0.3, -0.25) is 9.48 Å². The average molecular weight is 381 g/mol. The zero-order chi connectivity index (χ0) is 18.0. The molecule has 0 aliphatic carbocycles. The van der Waals surface area contributed by atoms with Gasteiger partial charge in [-0.1, -0.05) is 46.5 Å². The van der Waals surface area contributed by atoms with Gasteiger partial charge in [0.1, 0.15) is 0 Å². The molecule has 0 radical (unpaired) electrons. The van der Waals surface area contributed by atoms with Crippen LogP contribution in [0.25, 0.3) is 0 Å². The Labute approximate surface area is 150 Å². The van der Waals surface area contributed by atoms with Gasteiger partial charge in [-0.25, -0.2) is 0 Å². The molecule has 25 heavy (non-hydrogen) atoms. The predicted octanol–water partition coefficient (Wildman–Crippen LogP) is 3.12. The van der Waals surface area contributed by atoms with E-state index in [1.54, 1.807) is 16.9 Å². The predicted molar refractivity (Wildman–Crippen MR) is 91.0 cm³/mol. The molecule has 0 saturated carbocycles. The van der Waals surface area contributed by atoms with Crippen LogP contribution >= 0.6 is 23.2 Å². The van der Waals surface area contributed by atoms with E-state index in [9.17, 15) is 14.9 Å². The number of hydrogen-bond donors (Lipinski definition) is 2. The number of nitrogens with one attached hydrogen (secondary N) is 2. The number of H-pyrrole nitrogens is 1. The number of carbonyl (C=O) groups excluding carboxylic acids is 1. The number of nitrogens with zero attached hydrogens (tertiary/aromatic N) is 4. The zero-order valence-electron chi connectivity index (χ0n) is 12.4. The molecule has 1 aromatic carbocycles. The highest BCUT2D eigenvalue weighted by molar-refractivity contribution is 6.35. The maximum atomic E-state index is 12.1. The molecular formula is C14H10Cl2N6O3. The van der Waals surface area contributed by atoms with Gasteiger partial charge in [0.2, 0.25) is 0 Å². The van der Waals surface area contributed by atoms with E-state index in [0.29, 0.717) is 17.3 Å². The largest absolute Gasteiger partial charge is 0.362 e. The summed E-state index contributed by atoms with van der Waals surface area (Å²) in [5.41, 5.74) is 0.988. The monoisotopic (exact) mass is 380 g/mol. The number of benzene rings is 1. The Hall–Kier alpha value is -2.91. The third kappa shape index (κ3) is 3.62. The summed E-state index contributed by atoms with van der Waals surface area (Å²) in [7, 11) is 0. The summed E-state index contributed by atoms with van der Waals surface area (Å²) in [5, 5.41) is 23.3. The van der Waals surface area contributed by atoms with Crippen molar-refractivity contribution in [3.63, 3.8) is 0 Å². The first-order valence-corrected chi connectivity index (χ1v) is 7.66. The third-order valence-electron chi connectivity index (χ3n) is 3.27. The first-order valence-electron chi connectivity index (χ1n) is 6.91. The van der Waals surface area contributed by atoms with Crippen LogP contribution in [0.4, 0.5) is 11.5 Å². The van der Waals surface area contributed by atoms with E-state index < -0.39 is 16.6 Å². The van der Waals surface area contributed by atoms with Crippen LogP contribution in [0.2, 0.25) is 10.0 Å². The van der Waals surface area contributed by atoms with E-state index in [2.05, 4.69) is 20.6 Å². The molecule has 2 heterocycles. The van der Waals surface area contributed by atoms with Gasteiger partial charge in [0.25, 0.3) is 5.91 Å². The van der Waals surface area contributed by atoms with Crippen LogP contribution < -0.4 is 5.32 Å². The van der Waals surface area contributed by atoms with Crippen molar-refractivity contribution >= 4 is 40.6 Å². The van der Waals surface area contributed by atoms with Crippen molar-refractivity contribution in [2.24, 2.45) is 0 Å². The summed E-state index contributed by atoms with van der Waals surface area (Å²) < 4.78 is 1.59. The second-order valence-corrected chi connectivity index (χ2v) is 5.75. The molecule has 0 atom stereocenters. The highest BCUT2D eigenvalue weighted by atomic mass is 35.5. The topological polar surface area (TPSA) is 119 Å². The number of halogens is 2. The van der Waals surface area contributed by atoms with Crippen molar-refractivity contribution in [1.82, 2.24) is 20.0 Å². The average Bonchev–Trinajstić information content (AvgIpc) is 3.16. The molecule has 0 bridgehead atoms. The minimum atomic E-state index is -0.756. The van der Waals surface area contributed by atoms with Gasteiger partial charge in [-0.05, 0) is 16.6 Å². The van der Waals surface area contributed by atoms with Crippen LogP contribution in [0.3, 0.4) is 0 Å². The molecule has 128 valence electrons. The summed E-state index contributed by atoms with van der Waals surface area (Å²) in [6.07, 6.45) is 3.03. The number of rotatable bonds is 5. The lowest BCUT2D eigenvalue weighted by molar-refractivity contribution is -0.389. The summed E-state index contributed by atoms with van der Waals surface area (Å²) in [5.74, 6) is -1.23. The molecule has 9 nitrogen and oxygen atoms in total. The standard InChI is InChI=1S/C14H10Cl2N6O3/c15-10-4-2-1-3-8(10)6-21-7-9(5-17-21)18-14(23)12-11(16)13(20-19-12)22(24)25/h1-5,7H,6H2,(H,18,23)(H,19,20). The fourth-order valence-corrected chi connectivity index (χ4v) is 2.53. The number of anilines is 1. The van der Waals surface area contributed by atoms with Crippen molar-refractivity contribution in [3.8, 4) is 0 Å². The van der Waals surface area contributed by atoms with Crippen molar-refractivity contribution < 1.29 is 9.72 Å². The van der Waals surface area contributed by atoms with Crippen LogP contribution in [-0.4, -0.2) is 30.8 Å². The number of aromatic amines is 1. The molecular weight excluding hydrogens is 371 g/mol. The molecule has 1 amide bonds. The minimum absolute atomic E-state index is 0.271. The van der Waals surface area contributed by atoms with Crippen molar-refractivity contribution in [2.45, 2.75) is 6.54 Å². The number of hydrogen-bond acceptors (Lipinski definition) is 5. The molecule has 0 fully saturated rings. The van der Waals surface area contributed by atoms with Crippen LogP contribution in [0, 0.1) is 10.1 Å². The van der Waals surface area contributed by atoms with Crippen molar-refractivity contribution in [3.05, 3.63) is 68.1 Å². The van der Waals surface area contributed by atoms with Gasteiger partial charge in [0.15, 0.2) is 10.7 Å². The molecule has 0 spiro atoms. The lowest BCUT2D eigenvalue weighted by Crippen LogP contribution is -2.12. The summed E-state index contributed by atoms with van der Waals surface area (Å²) >= 11 is 11.9. The normalized spacial score (nSPS) is 10.6. The summed E-state index contributed by atoms with van der Waals surface area (Å²) in [4.78, 5) is 22.1. The second-order valence-electron chi connectivity index (χ2n) is 4.96. The number of amides is 1. The quantitative estimate of drug-likeness (QED) is 0.520. The van der Waals surface area contributed by atoms with E-state index >= 15 is 0 Å². The molecule has 11 heteroatoms. The van der Waals surface area contributed by atoms with E-state index in [-0.39, 0.29) is 10.7 Å². The number of nitro groups is 1. The number of aromatic nitrogens is 4. The van der Waals surface area contributed by atoms with Crippen molar-refractivity contribution in [1.29, 1.82) is 0 Å². The van der Waals surface area contributed by atoms with E-state index in [1.165, 1.54) is 6.20 Å². The summed E-state index contributed by atoms with van der Waals surface area (Å²) in [6, 6.07) is 7.33. The first-order chi connectivity index (χ1) is 12.0. The molecule has 0 saturated heterocycles. The van der Waals surface area contributed by atoms with Crippen LogP contribution in [0.1, 0.15) is 16.1 Å².